The van der Waals surface area contributed by atoms with Crippen molar-refractivity contribution in [1.29, 1.82) is 0 Å². The fraction of sp³-hybridized carbons (Fsp3) is 0.0500. The number of methoxy groups -OCH3 is 1. The number of ether oxygens (including phenoxy) is 1. The number of fused-ring (bicyclic) bond motifs is 3. The first kappa shape index (κ1) is 15.1. The second kappa shape index (κ2) is 5.87. The molecule has 0 fully saturated rings. The van der Waals surface area contributed by atoms with Gasteiger partial charge in [0.05, 0.1) is 18.3 Å². The van der Waals surface area contributed by atoms with Crippen LogP contribution in [0.1, 0.15) is 10.5 Å². The molecule has 0 aliphatic carbocycles. The summed E-state index contributed by atoms with van der Waals surface area (Å²) in [4.78, 5) is 21.3. The number of pyridine rings is 2. The molecule has 1 N–H and O–H groups in total. The van der Waals surface area contributed by atoms with Gasteiger partial charge in [-0.3, -0.25) is 4.98 Å². The number of esters is 1. The maximum atomic E-state index is 12.4. The Morgan fingerprint density at radius 1 is 1.00 bits per heavy atom. The number of hydrogen-bond donors (Lipinski definition) is 1. The quantitative estimate of drug-likeness (QED) is 0.445. The number of nitrogens with zero attached hydrogens (tertiary/aromatic N) is 2. The average Bonchev–Trinajstić information content (AvgIpc) is 2.67. The van der Waals surface area contributed by atoms with Crippen LogP contribution in [0.15, 0.2) is 60.8 Å². The van der Waals surface area contributed by atoms with Crippen LogP contribution in [0.2, 0.25) is 0 Å². The lowest BCUT2D eigenvalue weighted by atomic mass is 9.99. The number of phenols is 1. The first-order chi connectivity index (χ1) is 12.2. The van der Waals surface area contributed by atoms with Crippen LogP contribution in [0, 0.1) is 0 Å². The Morgan fingerprint density at radius 2 is 1.76 bits per heavy atom. The number of rotatable bonds is 2. The third-order valence-electron chi connectivity index (χ3n) is 4.13. The highest BCUT2D eigenvalue weighted by Crippen LogP contribution is 2.33. The van der Waals surface area contributed by atoms with Crippen LogP contribution >= 0.6 is 0 Å². The Kier molecular flexibility index (Phi) is 3.54. The summed E-state index contributed by atoms with van der Waals surface area (Å²) in [6.07, 6.45) is 1.71. The van der Waals surface area contributed by atoms with E-state index in [4.69, 9.17) is 4.74 Å². The lowest BCUT2D eigenvalue weighted by Crippen LogP contribution is -2.07. The average molecular weight is 330 g/mol. The molecule has 25 heavy (non-hydrogen) atoms. The van der Waals surface area contributed by atoms with E-state index in [0.717, 1.165) is 21.9 Å². The van der Waals surface area contributed by atoms with E-state index in [9.17, 15) is 9.90 Å². The SMILES string of the molecule is COC(=O)c1nc2ccccc2c2ccnc(-c3ccc(O)cc3)c12. The van der Waals surface area contributed by atoms with Crippen molar-refractivity contribution in [3.63, 3.8) is 0 Å². The van der Waals surface area contributed by atoms with E-state index < -0.39 is 5.97 Å². The van der Waals surface area contributed by atoms with Crippen LogP contribution in [0.3, 0.4) is 0 Å². The number of benzene rings is 2. The summed E-state index contributed by atoms with van der Waals surface area (Å²) < 4.78 is 4.93. The second-order valence-corrected chi connectivity index (χ2v) is 5.60. The molecule has 2 heterocycles. The highest BCUT2D eigenvalue weighted by atomic mass is 16.5. The zero-order valence-electron chi connectivity index (χ0n) is 13.4. The predicted octanol–water partition coefficient (Wildman–Crippen LogP) is 3.94. The van der Waals surface area contributed by atoms with Gasteiger partial charge in [-0.1, -0.05) is 18.2 Å². The van der Waals surface area contributed by atoms with Crippen molar-refractivity contribution in [3.8, 4) is 17.0 Å². The number of aromatic nitrogens is 2. The number of hydrogen-bond acceptors (Lipinski definition) is 5. The highest BCUT2D eigenvalue weighted by molar-refractivity contribution is 6.17. The Balaban J connectivity index is 2.16. The Labute approximate surface area is 143 Å². The van der Waals surface area contributed by atoms with Crippen molar-refractivity contribution in [2.75, 3.05) is 7.11 Å². The van der Waals surface area contributed by atoms with Crippen LogP contribution in [0.5, 0.6) is 5.75 Å². The molecule has 0 amide bonds. The van der Waals surface area contributed by atoms with E-state index in [1.807, 2.05) is 30.3 Å². The van der Waals surface area contributed by atoms with Crippen LogP contribution in [0.25, 0.3) is 32.9 Å². The summed E-state index contributed by atoms with van der Waals surface area (Å²) in [6.45, 7) is 0. The fourth-order valence-electron chi connectivity index (χ4n) is 2.98. The van der Waals surface area contributed by atoms with Gasteiger partial charge >= 0.3 is 5.97 Å². The van der Waals surface area contributed by atoms with Crippen molar-refractivity contribution in [2.45, 2.75) is 0 Å². The summed E-state index contributed by atoms with van der Waals surface area (Å²) in [7, 11) is 1.33. The summed E-state index contributed by atoms with van der Waals surface area (Å²) >= 11 is 0. The molecule has 0 aliphatic rings. The lowest BCUT2D eigenvalue weighted by Gasteiger charge is -2.12. The van der Waals surface area contributed by atoms with Gasteiger partial charge in [0.2, 0.25) is 0 Å². The molecule has 0 spiro atoms. The van der Waals surface area contributed by atoms with E-state index >= 15 is 0 Å². The largest absolute Gasteiger partial charge is 0.508 e. The fourth-order valence-corrected chi connectivity index (χ4v) is 2.98. The third-order valence-corrected chi connectivity index (χ3v) is 4.13. The van der Waals surface area contributed by atoms with Gasteiger partial charge in [-0.05, 0) is 41.8 Å². The Hall–Kier alpha value is -3.47. The first-order valence-electron chi connectivity index (χ1n) is 7.74. The number of aromatic hydroxyl groups is 1. The first-order valence-corrected chi connectivity index (χ1v) is 7.74. The van der Waals surface area contributed by atoms with Gasteiger partial charge < -0.3 is 9.84 Å². The molecule has 0 saturated carbocycles. The molecule has 5 heteroatoms. The van der Waals surface area contributed by atoms with E-state index in [-0.39, 0.29) is 11.4 Å². The molecule has 2 aromatic heterocycles. The number of phenolic OH excluding ortho intramolecular Hbond substituents is 1. The van der Waals surface area contributed by atoms with Crippen LogP contribution in [-0.4, -0.2) is 28.2 Å². The maximum Gasteiger partial charge on any atom is 0.357 e. The van der Waals surface area contributed by atoms with E-state index in [1.54, 1.807) is 30.5 Å². The number of para-hydroxylation sites is 1. The molecule has 0 unspecified atom stereocenters. The minimum atomic E-state index is -0.510. The minimum Gasteiger partial charge on any atom is -0.508 e. The summed E-state index contributed by atoms with van der Waals surface area (Å²) in [5, 5.41) is 12.0. The zero-order valence-corrected chi connectivity index (χ0v) is 13.4. The Morgan fingerprint density at radius 3 is 2.52 bits per heavy atom. The standard InChI is InChI=1S/C20H14N2O3/c1-25-20(24)19-17-15(14-4-2-3-5-16(14)22-19)10-11-21-18(17)12-6-8-13(23)9-7-12/h2-11,23H,1H3. The smallest absolute Gasteiger partial charge is 0.357 e. The summed E-state index contributed by atoms with van der Waals surface area (Å²) in [5.41, 5.74) is 2.35. The van der Waals surface area contributed by atoms with Crippen molar-refractivity contribution in [2.24, 2.45) is 0 Å². The molecule has 4 aromatic rings. The van der Waals surface area contributed by atoms with Crippen LogP contribution in [-0.2, 0) is 4.74 Å². The molecule has 122 valence electrons. The van der Waals surface area contributed by atoms with E-state index in [2.05, 4.69) is 9.97 Å². The number of carbonyl (C=O) groups is 1. The molecule has 2 aromatic carbocycles. The normalized spacial score (nSPS) is 10.9. The molecule has 0 saturated heterocycles. The van der Waals surface area contributed by atoms with Crippen molar-refractivity contribution < 1.29 is 14.6 Å². The van der Waals surface area contributed by atoms with E-state index in [0.29, 0.717) is 11.1 Å². The van der Waals surface area contributed by atoms with Crippen molar-refractivity contribution in [3.05, 3.63) is 66.5 Å². The minimum absolute atomic E-state index is 0.167. The van der Waals surface area contributed by atoms with Gasteiger partial charge in [0.25, 0.3) is 0 Å². The molecule has 5 nitrogen and oxygen atoms in total. The molecular weight excluding hydrogens is 316 g/mol. The van der Waals surface area contributed by atoms with Gasteiger partial charge in [-0.2, -0.15) is 0 Å². The highest BCUT2D eigenvalue weighted by Gasteiger charge is 2.19. The van der Waals surface area contributed by atoms with Gasteiger partial charge in [0.1, 0.15) is 5.75 Å². The van der Waals surface area contributed by atoms with Crippen molar-refractivity contribution >= 4 is 27.6 Å². The van der Waals surface area contributed by atoms with Gasteiger partial charge in [-0.25, -0.2) is 9.78 Å². The zero-order chi connectivity index (χ0) is 17.4. The Bertz CT molecular complexity index is 1110. The molecule has 0 bridgehead atoms. The lowest BCUT2D eigenvalue weighted by molar-refractivity contribution is 0.0597. The van der Waals surface area contributed by atoms with Crippen LogP contribution < -0.4 is 0 Å². The summed E-state index contributed by atoms with van der Waals surface area (Å²) in [6, 6.07) is 16.2. The summed E-state index contributed by atoms with van der Waals surface area (Å²) in [5.74, 6) is -0.343. The topological polar surface area (TPSA) is 72.3 Å². The second-order valence-electron chi connectivity index (χ2n) is 5.60. The molecule has 0 aliphatic heterocycles. The molecule has 0 atom stereocenters. The monoisotopic (exact) mass is 330 g/mol. The van der Waals surface area contributed by atoms with Gasteiger partial charge in [0, 0.05) is 22.5 Å². The third kappa shape index (κ3) is 2.46. The molecule has 4 rings (SSSR count). The van der Waals surface area contributed by atoms with E-state index in [1.165, 1.54) is 7.11 Å². The van der Waals surface area contributed by atoms with Crippen LogP contribution in [0.4, 0.5) is 0 Å². The number of carbonyl (C=O) groups excluding carboxylic acids is 1. The van der Waals surface area contributed by atoms with Gasteiger partial charge in [-0.15, -0.1) is 0 Å². The molecular formula is C20H14N2O3. The van der Waals surface area contributed by atoms with Gasteiger partial charge in [0.15, 0.2) is 5.69 Å². The van der Waals surface area contributed by atoms with Crippen molar-refractivity contribution in [1.82, 2.24) is 9.97 Å². The molecule has 0 radical (unpaired) electrons. The maximum absolute atomic E-state index is 12.4. The predicted molar refractivity (Wildman–Crippen MR) is 95.5 cm³/mol.